The molecule has 0 aliphatic carbocycles. The topological polar surface area (TPSA) is 71.5 Å². The lowest BCUT2D eigenvalue weighted by molar-refractivity contribution is 0.407. The van der Waals surface area contributed by atoms with E-state index in [9.17, 15) is 25.6 Å². The van der Waals surface area contributed by atoms with Gasteiger partial charge in [-0.3, -0.25) is 0 Å². The molecule has 0 spiro atoms. The molecule has 0 saturated carbocycles. The first-order valence-corrected chi connectivity index (χ1v) is 11.1. The van der Waals surface area contributed by atoms with Gasteiger partial charge in [0.05, 0.1) is 15.5 Å². The van der Waals surface area contributed by atoms with E-state index >= 15 is 0 Å². The number of hydrogen-bond acceptors (Lipinski definition) is 4. The zero-order chi connectivity index (χ0) is 18.9. The lowest BCUT2D eigenvalue weighted by atomic mass is 10.3. The van der Waals surface area contributed by atoms with E-state index < -0.39 is 42.4 Å². The molecule has 1 atom stereocenters. The molecule has 1 aliphatic rings. The van der Waals surface area contributed by atoms with Crippen LogP contribution in [0.3, 0.4) is 0 Å². The third-order valence-electron chi connectivity index (χ3n) is 4.28. The van der Waals surface area contributed by atoms with Gasteiger partial charge in [-0.15, -0.1) is 0 Å². The van der Waals surface area contributed by atoms with Gasteiger partial charge in [0.15, 0.2) is 9.84 Å². The molecule has 1 fully saturated rings. The van der Waals surface area contributed by atoms with Crippen LogP contribution in [0.4, 0.5) is 8.78 Å². The van der Waals surface area contributed by atoms with E-state index in [4.69, 9.17) is 0 Å². The van der Waals surface area contributed by atoms with Gasteiger partial charge in [0.25, 0.3) is 0 Å². The minimum Gasteiger partial charge on any atom is -0.224 e. The van der Waals surface area contributed by atoms with E-state index in [1.54, 1.807) is 18.2 Å². The van der Waals surface area contributed by atoms with Crippen LogP contribution in [-0.2, 0) is 19.9 Å². The van der Waals surface area contributed by atoms with Crippen LogP contribution in [-0.4, -0.2) is 39.5 Å². The summed E-state index contributed by atoms with van der Waals surface area (Å²) >= 11 is 0. The number of hydrogen-bond donors (Lipinski definition) is 0. The zero-order valence-corrected chi connectivity index (χ0v) is 15.3. The van der Waals surface area contributed by atoms with Crippen molar-refractivity contribution in [3.8, 4) is 0 Å². The molecule has 0 aromatic heterocycles. The Labute approximate surface area is 151 Å². The number of sulfone groups is 1. The highest BCUT2D eigenvalue weighted by Gasteiger charge is 2.38. The fraction of sp³-hybridized carbons (Fsp3) is 0.294. The summed E-state index contributed by atoms with van der Waals surface area (Å²) in [5.41, 5.74) is 0. The average molecular weight is 401 g/mol. The summed E-state index contributed by atoms with van der Waals surface area (Å²) in [6.45, 7) is 0.107. The molecule has 2 aromatic carbocycles. The van der Waals surface area contributed by atoms with Crippen LogP contribution in [0.25, 0.3) is 0 Å². The number of benzene rings is 2. The molecule has 0 bridgehead atoms. The lowest BCUT2D eigenvalue weighted by Gasteiger charge is -2.24. The predicted molar refractivity (Wildman–Crippen MR) is 91.8 cm³/mol. The van der Waals surface area contributed by atoms with E-state index in [1.165, 1.54) is 12.1 Å². The first kappa shape index (κ1) is 18.9. The highest BCUT2D eigenvalue weighted by Crippen LogP contribution is 2.29. The number of sulfonamides is 1. The summed E-state index contributed by atoms with van der Waals surface area (Å²) in [5, 5.41) is 0. The summed E-state index contributed by atoms with van der Waals surface area (Å²) in [6, 6.07) is 9.03. The molecule has 26 heavy (non-hydrogen) atoms. The van der Waals surface area contributed by atoms with Gasteiger partial charge in [-0.25, -0.2) is 25.6 Å². The first-order chi connectivity index (χ1) is 12.2. The van der Waals surface area contributed by atoms with Crippen LogP contribution in [0, 0.1) is 11.6 Å². The van der Waals surface area contributed by atoms with Crippen molar-refractivity contribution < 1.29 is 25.6 Å². The van der Waals surface area contributed by atoms with Gasteiger partial charge in [0, 0.05) is 18.7 Å². The molecule has 5 nitrogen and oxygen atoms in total. The van der Waals surface area contributed by atoms with Gasteiger partial charge >= 0.3 is 0 Å². The summed E-state index contributed by atoms with van der Waals surface area (Å²) in [5.74, 6) is -2.39. The third kappa shape index (κ3) is 3.79. The van der Waals surface area contributed by atoms with Gasteiger partial charge in [-0.2, -0.15) is 4.31 Å². The highest BCUT2D eigenvalue weighted by molar-refractivity contribution is 7.91. The molecule has 0 amide bonds. The molecule has 1 unspecified atom stereocenters. The normalized spacial score (nSPS) is 18.9. The summed E-state index contributed by atoms with van der Waals surface area (Å²) in [4.78, 5) is -0.403. The molecule has 9 heteroatoms. The highest BCUT2D eigenvalue weighted by atomic mass is 32.2. The van der Waals surface area contributed by atoms with E-state index in [2.05, 4.69) is 0 Å². The van der Waals surface area contributed by atoms with Crippen LogP contribution in [0.1, 0.15) is 12.8 Å². The number of nitrogens with zero attached hydrogens (tertiary/aromatic N) is 1. The maximum Gasteiger partial charge on any atom is 0.243 e. The Hall–Kier alpha value is -1.84. The maximum absolute atomic E-state index is 13.4. The Balaban J connectivity index is 1.90. The van der Waals surface area contributed by atoms with Gasteiger partial charge < -0.3 is 0 Å². The summed E-state index contributed by atoms with van der Waals surface area (Å²) < 4.78 is 78.5. The van der Waals surface area contributed by atoms with E-state index in [0.29, 0.717) is 18.9 Å². The number of halogens is 2. The van der Waals surface area contributed by atoms with Crippen LogP contribution in [0.2, 0.25) is 0 Å². The third-order valence-corrected chi connectivity index (χ3v) is 8.02. The average Bonchev–Trinajstić information content (AvgIpc) is 3.03. The fourth-order valence-corrected chi connectivity index (χ4v) is 6.53. The number of rotatable bonds is 5. The monoisotopic (exact) mass is 401 g/mol. The molecule has 140 valence electrons. The van der Waals surface area contributed by atoms with Gasteiger partial charge in [-0.1, -0.05) is 18.2 Å². The van der Waals surface area contributed by atoms with E-state index in [1.807, 2.05) is 0 Å². The van der Waals surface area contributed by atoms with Crippen molar-refractivity contribution in [2.45, 2.75) is 28.7 Å². The second-order valence-electron chi connectivity index (χ2n) is 6.11. The van der Waals surface area contributed by atoms with E-state index in [0.717, 1.165) is 16.4 Å². The molecule has 0 radical (unpaired) electrons. The summed E-state index contributed by atoms with van der Waals surface area (Å²) in [7, 11) is -7.89. The van der Waals surface area contributed by atoms with Crippen molar-refractivity contribution in [2.24, 2.45) is 0 Å². The van der Waals surface area contributed by atoms with Crippen LogP contribution < -0.4 is 0 Å². The van der Waals surface area contributed by atoms with Crippen LogP contribution >= 0.6 is 0 Å². The zero-order valence-electron chi connectivity index (χ0n) is 13.7. The quantitative estimate of drug-likeness (QED) is 0.772. The van der Waals surface area contributed by atoms with Crippen molar-refractivity contribution in [3.05, 3.63) is 60.2 Å². The second kappa shape index (κ2) is 7.05. The Kier molecular flexibility index (Phi) is 5.14. The molecular weight excluding hydrogens is 384 g/mol. The molecule has 3 rings (SSSR count). The lowest BCUT2D eigenvalue weighted by Crippen LogP contribution is -2.39. The van der Waals surface area contributed by atoms with Crippen molar-refractivity contribution in [1.82, 2.24) is 4.31 Å². The smallest absolute Gasteiger partial charge is 0.224 e. The van der Waals surface area contributed by atoms with Crippen molar-refractivity contribution in [2.75, 3.05) is 12.3 Å². The van der Waals surface area contributed by atoms with Gasteiger partial charge in [0.2, 0.25) is 10.0 Å². The Morgan fingerprint density at radius 1 is 0.923 bits per heavy atom. The fourth-order valence-electron chi connectivity index (χ4n) is 3.08. The molecule has 1 heterocycles. The molecule has 2 aromatic rings. The minimum atomic E-state index is -4.20. The van der Waals surface area contributed by atoms with Crippen molar-refractivity contribution in [3.63, 3.8) is 0 Å². The SMILES string of the molecule is O=S(=O)(CC1CCCN1S(=O)(=O)c1cc(F)cc(F)c1)c1ccccc1. The molecule has 0 N–H and O–H groups in total. The standard InChI is InChI=1S/C17H17F2NO4S2/c18-13-9-14(19)11-17(10-13)26(23,24)20-8-4-5-15(20)12-25(21,22)16-6-2-1-3-7-16/h1-3,6-7,9-11,15H,4-5,8,12H2. The van der Waals surface area contributed by atoms with Gasteiger partial charge in [0.1, 0.15) is 11.6 Å². The van der Waals surface area contributed by atoms with E-state index in [-0.39, 0.29) is 17.2 Å². The second-order valence-corrected chi connectivity index (χ2v) is 10.0. The van der Waals surface area contributed by atoms with Gasteiger partial charge in [-0.05, 0) is 37.1 Å². The van der Waals surface area contributed by atoms with Crippen LogP contribution in [0.15, 0.2) is 58.3 Å². The Morgan fingerprint density at radius 3 is 2.15 bits per heavy atom. The molecule has 1 saturated heterocycles. The Bertz CT molecular complexity index is 988. The summed E-state index contributed by atoms with van der Waals surface area (Å²) in [6.07, 6.45) is 0.842. The van der Waals surface area contributed by atoms with Crippen molar-refractivity contribution >= 4 is 19.9 Å². The molecular formula is C17H17F2NO4S2. The molecule has 1 aliphatic heterocycles. The minimum absolute atomic E-state index is 0.107. The Morgan fingerprint density at radius 2 is 1.54 bits per heavy atom. The largest absolute Gasteiger partial charge is 0.243 e. The first-order valence-electron chi connectivity index (χ1n) is 7.96. The van der Waals surface area contributed by atoms with Crippen LogP contribution in [0.5, 0.6) is 0 Å². The van der Waals surface area contributed by atoms with Crippen molar-refractivity contribution in [1.29, 1.82) is 0 Å². The maximum atomic E-state index is 13.4. The predicted octanol–water partition coefficient (Wildman–Crippen LogP) is 2.59.